The fraction of sp³-hybridized carbons (Fsp3) is 0.167. The molecular weight excluding hydrogens is 250 g/mol. The molecule has 0 amide bonds. The SMILES string of the molecule is Cc1ccc(/C(N)=N/O)c(Sc2nc(C)co2)c1. The minimum Gasteiger partial charge on any atom is -0.439 e. The molecule has 0 fully saturated rings. The van der Waals surface area contributed by atoms with Crippen LogP contribution in [0.1, 0.15) is 16.8 Å². The Morgan fingerprint density at radius 2 is 2.22 bits per heavy atom. The lowest BCUT2D eigenvalue weighted by Crippen LogP contribution is -2.14. The number of aryl methyl sites for hydroxylation is 2. The summed E-state index contributed by atoms with van der Waals surface area (Å²) in [6.45, 7) is 3.83. The summed E-state index contributed by atoms with van der Waals surface area (Å²) in [5.74, 6) is 0.0702. The lowest BCUT2D eigenvalue weighted by Gasteiger charge is -2.06. The van der Waals surface area contributed by atoms with Crippen LogP contribution in [0.3, 0.4) is 0 Å². The van der Waals surface area contributed by atoms with Crippen molar-refractivity contribution in [3.8, 4) is 0 Å². The fourth-order valence-corrected chi connectivity index (χ4v) is 2.45. The second kappa shape index (κ2) is 5.14. The third-order valence-corrected chi connectivity index (χ3v) is 3.24. The van der Waals surface area contributed by atoms with E-state index in [-0.39, 0.29) is 5.84 Å². The molecule has 0 atom stereocenters. The van der Waals surface area contributed by atoms with Crippen LogP contribution in [-0.2, 0) is 0 Å². The Morgan fingerprint density at radius 3 is 2.83 bits per heavy atom. The first kappa shape index (κ1) is 12.5. The number of amidine groups is 1. The minimum absolute atomic E-state index is 0.0702. The third kappa shape index (κ3) is 2.65. The first-order valence-corrected chi connectivity index (χ1v) is 6.10. The molecule has 0 unspecified atom stereocenters. The number of hydrogen-bond donors (Lipinski definition) is 2. The molecule has 18 heavy (non-hydrogen) atoms. The molecule has 6 heteroatoms. The molecule has 0 aliphatic heterocycles. The predicted molar refractivity (Wildman–Crippen MR) is 69.1 cm³/mol. The van der Waals surface area contributed by atoms with Crippen LogP contribution in [0, 0.1) is 13.8 Å². The highest BCUT2D eigenvalue weighted by molar-refractivity contribution is 7.99. The van der Waals surface area contributed by atoms with E-state index in [0.29, 0.717) is 10.8 Å². The highest BCUT2D eigenvalue weighted by Crippen LogP contribution is 2.30. The van der Waals surface area contributed by atoms with Gasteiger partial charge in [0.25, 0.3) is 5.22 Å². The average Bonchev–Trinajstić information content (AvgIpc) is 2.74. The zero-order valence-corrected chi connectivity index (χ0v) is 10.9. The molecular formula is C12H13N3O2S. The first-order valence-electron chi connectivity index (χ1n) is 5.28. The Kier molecular flexibility index (Phi) is 3.57. The van der Waals surface area contributed by atoms with E-state index in [2.05, 4.69) is 10.1 Å². The van der Waals surface area contributed by atoms with Crippen molar-refractivity contribution < 1.29 is 9.62 Å². The van der Waals surface area contributed by atoms with Gasteiger partial charge in [-0.2, -0.15) is 0 Å². The molecule has 0 aliphatic rings. The van der Waals surface area contributed by atoms with E-state index in [1.54, 1.807) is 6.26 Å². The van der Waals surface area contributed by atoms with Crippen LogP contribution < -0.4 is 5.73 Å². The topological polar surface area (TPSA) is 84.6 Å². The number of hydrogen-bond acceptors (Lipinski definition) is 5. The van der Waals surface area contributed by atoms with Crippen molar-refractivity contribution in [1.29, 1.82) is 0 Å². The maximum Gasteiger partial charge on any atom is 0.260 e. The molecule has 1 aromatic carbocycles. The smallest absolute Gasteiger partial charge is 0.260 e. The molecule has 0 bridgehead atoms. The molecule has 3 N–H and O–H groups in total. The van der Waals surface area contributed by atoms with Gasteiger partial charge in [-0.05, 0) is 43.3 Å². The highest BCUT2D eigenvalue weighted by atomic mass is 32.2. The summed E-state index contributed by atoms with van der Waals surface area (Å²) >= 11 is 1.34. The van der Waals surface area contributed by atoms with Gasteiger partial charge < -0.3 is 15.4 Å². The van der Waals surface area contributed by atoms with Crippen molar-refractivity contribution in [2.45, 2.75) is 24.0 Å². The van der Waals surface area contributed by atoms with Crippen LogP contribution in [0.15, 0.2) is 44.2 Å². The van der Waals surface area contributed by atoms with Crippen molar-refractivity contribution in [3.05, 3.63) is 41.3 Å². The predicted octanol–water partition coefficient (Wildman–Crippen LogP) is 2.54. The Morgan fingerprint density at radius 1 is 1.44 bits per heavy atom. The van der Waals surface area contributed by atoms with E-state index in [1.807, 2.05) is 32.0 Å². The summed E-state index contributed by atoms with van der Waals surface area (Å²) < 4.78 is 5.29. The number of rotatable bonds is 3. The summed E-state index contributed by atoms with van der Waals surface area (Å²) in [6.07, 6.45) is 1.58. The molecule has 0 saturated heterocycles. The van der Waals surface area contributed by atoms with E-state index in [9.17, 15) is 0 Å². The van der Waals surface area contributed by atoms with Gasteiger partial charge in [0.2, 0.25) is 0 Å². The number of oxazole rings is 1. The quantitative estimate of drug-likeness (QED) is 0.385. The van der Waals surface area contributed by atoms with E-state index >= 15 is 0 Å². The molecule has 1 aromatic heterocycles. The fourth-order valence-electron chi connectivity index (χ4n) is 1.45. The van der Waals surface area contributed by atoms with E-state index in [4.69, 9.17) is 15.4 Å². The van der Waals surface area contributed by atoms with E-state index < -0.39 is 0 Å². The highest BCUT2D eigenvalue weighted by Gasteiger charge is 2.11. The minimum atomic E-state index is 0.0702. The zero-order chi connectivity index (χ0) is 13.1. The van der Waals surface area contributed by atoms with Crippen LogP contribution in [0.2, 0.25) is 0 Å². The van der Waals surface area contributed by atoms with Crippen molar-refractivity contribution >= 4 is 17.6 Å². The number of nitrogens with two attached hydrogens (primary N) is 1. The van der Waals surface area contributed by atoms with Gasteiger partial charge >= 0.3 is 0 Å². The molecule has 0 radical (unpaired) electrons. The van der Waals surface area contributed by atoms with Gasteiger partial charge in [-0.3, -0.25) is 0 Å². The maximum absolute atomic E-state index is 8.77. The van der Waals surface area contributed by atoms with Crippen LogP contribution in [-0.4, -0.2) is 16.0 Å². The van der Waals surface area contributed by atoms with Gasteiger partial charge in [0.05, 0.1) is 5.69 Å². The van der Waals surface area contributed by atoms with Crippen LogP contribution >= 0.6 is 11.8 Å². The summed E-state index contributed by atoms with van der Waals surface area (Å²) in [6, 6.07) is 5.65. The van der Waals surface area contributed by atoms with Gasteiger partial charge in [0, 0.05) is 10.5 Å². The maximum atomic E-state index is 8.77. The number of benzene rings is 1. The van der Waals surface area contributed by atoms with Crippen LogP contribution in [0.25, 0.3) is 0 Å². The zero-order valence-electron chi connectivity index (χ0n) is 10.0. The second-order valence-electron chi connectivity index (χ2n) is 3.84. The molecule has 2 aromatic rings. The van der Waals surface area contributed by atoms with Crippen LogP contribution in [0.4, 0.5) is 0 Å². The molecule has 0 spiro atoms. The Hall–Kier alpha value is -1.95. The standard InChI is InChI=1S/C12H13N3O2S/c1-7-3-4-9(11(13)15-16)10(5-7)18-12-14-8(2)6-17-12/h3-6,16H,1-2H3,(H2,13,15). The Labute approximate surface area is 109 Å². The number of nitrogens with zero attached hydrogens (tertiary/aromatic N) is 2. The van der Waals surface area contributed by atoms with Crippen molar-refractivity contribution in [2.24, 2.45) is 10.9 Å². The van der Waals surface area contributed by atoms with Gasteiger partial charge in [0.1, 0.15) is 6.26 Å². The summed E-state index contributed by atoms with van der Waals surface area (Å²) in [7, 11) is 0. The third-order valence-electron chi connectivity index (χ3n) is 2.32. The van der Waals surface area contributed by atoms with E-state index in [1.165, 1.54) is 11.8 Å². The lowest BCUT2D eigenvalue weighted by molar-refractivity contribution is 0.318. The Balaban J connectivity index is 2.39. The van der Waals surface area contributed by atoms with Crippen molar-refractivity contribution in [1.82, 2.24) is 4.98 Å². The van der Waals surface area contributed by atoms with Crippen LogP contribution in [0.5, 0.6) is 0 Å². The van der Waals surface area contributed by atoms with Gasteiger partial charge in [0.15, 0.2) is 5.84 Å². The lowest BCUT2D eigenvalue weighted by atomic mass is 10.1. The monoisotopic (exact) mass is 263 g/mol. The molecule has 94 valence electrons. The average molecular weight is 263 g/mol. The largest absolute Gasteiger partial charge is 0.439 e. The Bertz CT molecular complexity index is 593. The molecule has 0 saturated carbocycles. The van der Waals surface area contributed by atoms with Gasteiger partial charge in [-0.15, -0.1) is 0 Å². The summed E-state index contributed by atoms with van der Waals surface area (Å²) in [4.78, 5) is 5.05. The second-order valence-corrected chi connectivity index (χ2v) is 4.83. The normalized spacial score (nSPS) is 11.8. The molecule has 2 rings (SSSR count). The molecule has 1 heterocycles. The number of aromatic nitrogens is 1. The summed E-state index contributed by atoms with van der Waals surface area (Å²) in [5, 5.41) is 12.3. The van der Waals surface area contributed by atoms with Gasteiger partial charge in [-0.25, -0.2) is 4.98 Å². The van der Waals surface area contributed by atoms with Crippen molar-refractivity contribution in [2.75, 3.05) is 0 Å². The summed E-state index contributed by atoms with van der Waals surface area (Å²) in [5.41, 5.74) is 8.19. The molecule has 0 aliphatic carbocycles. The van der Waals surface area contributed by atoms with Crippen molar-refractivity contribution in [3.63, 3.8) is 0 Å². The molecule has 5 nitrogen and oxygen atoms in total. The number of oxime groups is 1. The van der Waals surface area contributed by atoms with Gasteiger partial charge in [-0.1, -0.05) is 11.2 Å². The first-order chi connectivity index (χ1) is 8.60. The van der Waals surface area contributed by atoms with E-state index in [0.717, 1.165) is 16.2 Å².